The monoisotopic (exact) mass is 317 g/mol. The molecule has 0 spiro atoms. The normalized spacial score (nSPS) is 10.3. The summed E-state index contributed by atoms with van der Waals surface area (Å²) >= 11 is 6.25. The second-order valence-electron chi connectivity index (χ2n) is 4.93. The number of nitro groups is 1. The Hall–Kier alpha value is -2.19. The Bertz CT molecular complexity index is 750. The maximum Gasteiger partial charge on any atom is 0.270 e. The molecule has 0 aliphatic carbocycles. The molecular formula is C16H16ClN3O2. The molecule has 1 aromatic heterocycles. The Kier molecular flexibility index (Phi) is 5.68. The molecule has 5 nitrogen and oxygen atoms in total. The van der Waals surface area contributed by atoms with Crippen molar-refractivity contribution < 1.29 is 4.92 Å². The molecule has 0 radical (unpaired) electrons. The lowest BCUT2D eigenvalue weighted by atomic mass is 10.1. The molecular weight excluding hydrogens is 302 g/mol. The van der Waals surface area contributed by atoms with E-state index in [-0.39, 0.29) is 5.69 Å². The van der Waals surface area contributed by atoms with Gasteiger partial charge in [-0.05, 0) is 18.4 Å². The third-order valence-electron chi connectivity index (χ3n) is 3.26. The summed E-state index contributed by atoms with van der Waals surface area (Å²) in [5.41, 5.74) is 0.857. The minimum Gasteiger partial charge on any atom is -0.258 e. The van der Waals surface area contributed by atoms with E-state index in [4.69, 9.17) is 11.6 Å². The summed E-state index contributed by atoms with van der Waals surface area (Å²) < 4.78 is 0. The van der Waals surface area contributed by atoms with E-state index in [2.05, 4.69) is 29.0 Å². The highest BCUT2D eigenvalue weighted by Crippen LogP contribution is 2.27. The number of hydrogen-bond donors (Lipinski definition) is 0. The molecule has 0 unspecified atom stereocenters. The number of non-ortho nitro benzene ring substituents is 1. The fraction of sp³-hybridized carbons (Fsp3) is 0.375. The van der Waals surface area contributed by atoms with E-state index in [0.29, 0.717) is 21.6 Å². The smallest absolute Gasteiger partial charge is 0.258 e. The highest BCUT2D eigenvalue weighted by atomic mass is 35.5. The van der Waals surface area contributed by atoms with Gasteiger partial charge in [0, 0.05) is 23.9 Å². The van der Waals surface area contributed by atoms with Gasteiger partial charge in [-0.2, -0.15) is 0 Å². The van der Waals surface area contributed by atoms with E-state index in [1.165, 1.54) is 31.0 Å². The third-order valence-corrected chi connectivity index (χ3v) is 3.64. The van der Waals surface area contributed by atoms with Crippen LogP contribution in [0.4, 0.5) is 5.69 Å². The van der Waals surface area contributed by atoms with Gasteiger partial charge in [0.2, 0.25) is 0 Å². The fourth-order valence-electron chi connectivity index (χ4n) is 2.04. The van der Waals surface area contributed by atoms with Crippen molar-refractivity contribution in [2.75, 3.05) is 0 Å². The zero-order chi connectivity index (χ0) is 15.9. The van der Waals surface area contributed by atoms with Crippen LogP contribution in [0.15, 0.2) is 18.2 Å². The van der Waals surface area contributed by atoms with Gasteiger partial charge in [0.1, 0.15) is 0 Å². The average molecular weight is 318 g/mol. The van der Waals surface area contributed by atoms with Gasteiger partial charge < -0.3 is 0 Å². The van der Waals surface area contributed by atoms with Gasteiger partial charge in [0.25, 0.3) is 5.69 Å². The molecule has 6 heteroatoms. The van der Waals surface area contributed by atoms with Crippen LogP contribution in [-0.4, -0.2) is 15.1 Å². The summed E-state index contributed by atoms with van der Waals surface area (Å²) in [7, 11) is 0. The van der Waals surface area contributed by atoms with Crippen LogP contribution < -0.4 is 0 Å². The molecule has 22 heavy (non-hydrogen) atoms. The Balaban J connectivity index is 2.22. The highest BCUT2D eigenvalue weighted by molar-refractivity contribution is 6.36. The van der Waals surface area contributed by atoms with E-state index in [0.717, 1.165) is 19.3 Å². The Labute approximate surface area is 133 Å². The predicted octanol–water partition coefficient (Wildman–Crippen LogP) is 4.51. The molecule has 2 rings (SSSR count). The quantitative estimate of drug-likeness (QED) is 0.352. The topological polar surface area (TPSA) is 68.9 Å². The second kappa shape index (κ2) is 7.71. The number of nitro benzene ring substituents is 1. The lowest BCUT2D eigenvalue weighted by Gasteiger charge is -2.01. The van der Waals surface area contributed by atoms with Gasteiger partial charge in [-0.25, -0.2) is 0 Å². The first-order valence-electron chi connectivity index (χ1n) is 7.22. The number of rotatable bonds is 5. The number of benzene rings is 1. The summed E-state index contributed by atoms with van der Waals surface area (Å²) in [5, 5.41) is 19.7. The fourth-order valence-corrected chi connectivity index (χ4v) is 2.28. The van der Waals surface area contributed by atoms with Crippen LogP contribution in [0.25, 0.3) is 10.9 Å². The molecule has 0 saturated heterocycles. The molecule has 0 aliphatic rings. The minimum absolute atomic E-state index is 0.0270. The van der Waals surface area contributed by atoms with Crippen LogP contribution in [0.5, 0.6) is 0 Å². The first-order chi connectivity index (χ1) is 10.6. The molecule has 2 aromatic rings. The van der Waals surface area contributed by atoms with Crippen LogP contribution in [0.2, 0.25) is 5.02 Å². The van der Waals surface area contributed by atoms with Gasteiger partial charge in [0.15, 0.2) is 5.69 Å². The number of fused-ring (bicyclic) bond motifs is 1. The lowest BCUT2D eigenvalue weighted by molar-refractivity contribution is -0.384. The molecule has 0 bridgehead atoms. The van der Waals surface area contributed by atoms with Crippen LogP contribution in [0.1, 0.15) is 44.7 Å². The summed E-state index contributed by atoms with van der Waals surface area (Å²) in [6.07, 6.45) is 5.39. The Morgan fingerprint density at radius 3 is 2.82 bits per heavy atom. The Morgan fingerprint density at radius 1 is 1.27 bits per heavy atom. The van der Waals surface area contributed by atoms with Gasteiger partial charge in [-0.1, -0.05) is 43.7 Å². The number of halogens is 1. The van der Waals surface area contributed by atoms with Crippen molar-refractivity contribution in [3.63, 3.8) is 0 Å². The summed E-state index contributed by atoms with van der Waals surface area (Å²) in [5.74, 6) is 5.94. The zero-order valence-corrected chi connectivity index (χ0v) is 13.1. The van der Waals surface area contributed by atoms with E-state index >= 15 is 0 Å². The average Bonchev–Trinajstić information content (AvgIpc) is 2.52. The molecule has 0 N–H and O–H groups in total. The largest absolute Gasteiger partial charge is 0.270 e. The molecule has 0 saturated carbocycles. The van der Waals surface area contributed by atoms with E-state index in [1.54, 1.807) is 0 Å². The third kappa shape index (κ3) is 3.92. The summed E-state index contributed by atoms with van der Waals surface area (Å²) in [4.78, 5) is 10.4. The maximum atomic E-state index is 10.8. The van der Waals surface area contributed by atoms with Crippen molar-refractivity contribution in [2.45, 2.75) is 39.0 Å². The van der Waals surface area contributed by atoms with Gasteiger partial charge in [-0.15, -0.1) is 10.2 Å². The van der Waals surface area contributed by atoms with Crippen LogP contribution in [0.3, 0.4) is 0 Å². The first kappa shape index (κ1) is 16.2. The van der Waals surface area contributed by atoms with Crippen molar-refractivity contribution in [3.05, 3.63) is 39.0 Å². The lowest BCUT2D eigenvalue weighted by Crippen LogP contribution is -1.93. The van der Waals surface area contributed by atoms with Crippen LogP contribution >= 0.6 is 11.6 Å². The van der Waals surface area contributed by atoms with E-state index < -0.39 is 4.92 Å². The predicted molar refractivity (Wildman–Crippen MR) is 86.8 cm³/mol. The highest BCUT2D eigenvalue weighted by Gasteiger charge is 2.12. The summed E-state index contributed by atoms with van der Waals surface area (Å²) in [6, 6.07) is 4.32. The molecule has 0 amide bonds. The maximum absolute atomic E-state index is 10.8. The molecule has 1 aromatic carbocycles. The van der Waals surface area contributed by atoms with Crippen molar-refractivity contribution in [1.82, 2.24) is 10.2 Å². The van der Waals surface area contributed by atoms with Crippen LogP contribution in [0, 0.1) is 22.0 Å². The number of nitrogens with zero attached hydrogens (tertiary/aromatic N) is 3. The van der Waals surface area contributed by atoms with Crippen molar-refractivity contribution in [3.8, 4) is 11.8 Å². The van der Waals surface area contributed by atoms with Crippen molar-refractivity contribution in [2.24, 2.45) is 0 Å². The Morgan fingerprint density at radius 2 is 2.09 bits per heavy atom. The molecule has 0 fully saturated rings. The zero-order valence-electron chi connectivity index (χ0n) is 12.3. The van der Waals surface area contributed by atoms with Gasteiger partial charge >= 0.3 is 0 Å². The van der Waals surface area contributed by atoms with Crippen molar-refractivity contribution >= 4 is 28.2 Å². The standard InChI is InChI=1S/C16H16ClN3O2/c1-2-3-4-5-6-7-8-15-16(17)13-11-12(20(21)22)9-10-14(13)18-19-15/h9-11H,2-6H2,1H3. The van der Waals surface area contributed by atoms with Crippen LogP contribution in [-0.2, 0) is 0 Å². The minimum atomic E-state index is -0.463. The van der Waals surface area contributed by atoms with E-state index in [1.807, 2.05) is 0 Å². The first-order valence-corrected chi connectivity index (χ1v) is 7.60. The van der Waals surface area contributed by atoms with E-state index in [9.17, 15) is 10.1 Å². The van der Waals surface area contributed by atoms with Gasteiger partial charge in [0.05, 0.1) is 15.5 Å². The molecule has 0 aliphatic heterocycles. The molecule has 114 valence electrons. The van der Waals surface area contributed by atoms with Crippen molar-refractivity contribution in [1.29, 1.82) is 0 Å². The molecule has 1 heterocycles. The van der Waals surface area contributed by atoms with Gasteiger partial charge in [-0.3, -0.25) is 10.1 Å². The second-order valence-corrected chi connectivity index (χ2v) is 5.31. The number of unbranched alkanes of at least 4 members (excludes halogenated alkanes) is 4. The number of hydrogen-bond acceptors (Lipinski definition) is 4. The molecule has 0 atom stereocenters. The SMILES string of the molecule is CCCCCCC#Cc1nnc2ccc([N+](=O)[O-])cc2c1Cl. The number of aromatic nitrogens is 2. The summed E-state index contributed by atoms with van der Waals surface area (Å²) in [6.45, 7) is 2.16.